The highest BCUT2D eigenvalue weighted by Gasteiger charge is 2.17. The van der Waals surface area contributed by atoms with Gasteiger partial charge < -0.3 is 10.1 Å². The average Bonchev–Trinajstić information content (AvgIpc) is 2.40. The monoisotopic (exact) mass is 339 g/mol. The van der Waals surface area contributed by atoms with E-state index in [4.69, 9.17) is 27.9 Å². The van der Waals surface area contributed by atoms with Crippen molar-refractivity contribution in [3.05, 3.63) is 28.2 Å². The molecule has 0 saturated carbocycles. The second-order valence-electron chi connectivity index (χ2n) is 3.99. The predicted molar refractivity (Wildman–Crippen MR) is 78.0 cm³/mol. The molecule has 0 spiro atoms. The van der Waals surface area contributed by atoms with Crippen LogP contribution in [0.5, 0.6) is 0 Å². The normalized spacial score (nSPS) is 11.3. The van der Waals surface area contributed by atoms with Crippen LogP contribution in [0.3, 0.4) is 0 Å². The number of carbonyl (C=O) groups is 1. The van der Waals surface area contributed by atoms with Crippen LogP contribution in [0, 0.1) is 0 Å². The van der Waals surface area contributed by atoms with Gasteiger partial charge in [-0.3, -0.25) is 4.79 Å². The minimum absolute atomic E-state index is 0.0524. The van der Waals surface area contributed by atoms with Crippen LogP contribution >= 0.6 is 23.2 Å². The van der Waals surface area contributed by atoms with Crippen LogP contribution in [0.1, 0.15) is 6.42 Å². The van der Waals surface area contributed by atoms with Crippen LogP contribution in [-0.4, -0.2) is 40.3 Å². The van der Waals surface area contributed by atoms with Gasteiger partial charge in [0.1, 0.15) is 0 Å². The molecule has 0 heterocycles. The molecule has 0 aromatic heterocycles. The fourth-order valence-corrected chi connectivity index (χ4v) is 3.02. The van der Waals surface area contributed by atoms with Crippen LogP contribution in [-0.2, 0) is 19.4 Å². The first-order valence-electron chi connectivity index (χ1n) is 5.80. The summed E-state index contributed by atoms with van der Waals surface area (Å²) < 4.78 is 28.8. The van der Waals surface area contributed by atoms with Gasteiger partial charge in [0.15, 0.2) is 9.84 Å². The van der Waals surface area contributed by atoms with Gasteiger partial charge in [0, 0.05) is 20.1 Å². The third-order valence-corrected chi connectivity index (χ3v) is 4.93. The first kappa shape index (κ1) is 17.2. The molecule has 5 nitrogen and oxygen atoms in total. The fraction of sp³-hybridized carbons (Fsp3) is 0.417. The van der Waals surface area contributed by atoms with Crippen LogP contribution in [0.15, 0.2) is 23.1 Å². The summed E-state index contributed by atoms with van der Waals surface area (Å²) in [7, 11) is -2.05. The number of ether oxygens (including phenoxy) is 1. The molecule has 0 saturated heterocycles. The van der Waals surface area contributed by atoms with Gasteiger partial charge >= 0.3 is 0 Å². The highest BCUT2D eigenvalue weighted by atomic mass is 35.5. The Morgan fingerprint density at radius 2 is 2.00 bits per heavy atom. The molecule has 0 aliphatic carbocycles. The van der Waals surface area contributed by atoms with Gasteiger partial charge in [-0.25, -0.2) is 8.42 Å². The van der Waals surface area contributed by atoms with Gasteiger partial charge in [0.05, 0.1) is 27.3 Å². The minimum atomic E-state index is -3.56. The minimum Gasteiger partial charge on any atom is -0.383 e. The second kappa shape index (κ2) is 7.83. The Morgan fingerprint density at radius 1 is 1.30 bits per heavy atom. The Hall–Kier alpha value is -0.820. The third kappa shape index (κ3) is 5.28. The maximum atomic E-state index is 12.0. The third-order valence-electron chi connectivity index (χ3n) is 2.48. The summed E-state index contributed by atoms with van der Waals surface area (Å²) in [5.74, 6) is -0.630. The van der Waals surface area contributed by atoms with E-state index in [1.165, 1.54) is 25.3 Å². The van der Waals surface area contributed by atoms with Crippen molar-refractivity contribution in [2.45, 2.75) is 11.3 Å². The molecule has 1 aromatic carbocycles. The van der Waals surface area contributed by atoms with E-state index in [0.29, 0.717) is 13.2 Å². The molecular formula is C12H15Cl2NO4S. The molecule has 1 N–H and O–H groups in total. The summed E-state index contributed by atoms with van der Waals surface area (Å²) in [6.07, 6.45) is -0.119. The van der Waals surface area contributed by atoms with Gasteiger partial charge in [0.2, 0.25) is 5.91 Å². The summed E-state index contributed by atoms with van der Waals surface area (Å²) in [6.45, 7) is 0.730. The molecule has 0 atom stereocenters. The molecule has 0 aliphatic rings. The number of halogens is 2. The molecular weight excluding hydrogens is 325 g/mol. The molecule has 20 heavy (non-hydrogen) atoms. The smallest absolute Gasteiger partial charge is 0.221 e. The summed E-state index contributed by atoms with van der Waals surface area (Å²) >= 11 is 11.5. The van der Waals surface area contributed by atoms with Crippen LogP contribution in [0.2, 0.25) is 10.0 Å². The molecule has 112 valence electrons. The molecule has 1 amide bonds. The lowest BCUT2D eigenvalue weighted by molar-refractivity contribution is -0.120. The topological polar surface area (TPSA) is 72.5 Å². The lowest BCUT2D eigenvalue weighted by Gasteiger charge is -2.07. The van der Waals surface area contributed by atoms with Crippen molar-refractivity contribution in [2.24, 2.45) is 0 Å². The lowest BCUT2D eigenvalue weighted by Crippen LogP contribution is -2.28. The van der Waals surface area contributed by atoms with Crippen molar-refractivity contribution < 1.29 is 17.9 Å². The summed E-state index contributed by atoms with van der Waals surface area (Å²) in [5, 5.41) is 3.00. The maximum Gasteiger partial charge on any atom is 0.221 e. The van der Waals surface area contributed by atoms with E-state index < -0.39 is 9.84 Å². The SMILES string of the molecule is COCCNC(=O)CCS(=O)(=O)c1ccc(Cl)c(Cl)c1. The first-order valence-corrected chi connectivity index (χ1v) is 8.21. The largest absolute Gasteiger partial charge is 0.383 e. The molecule has 1 rings (SSSR count). The molecule has 0 bridgehead atoms. The summed E-state index contributed by atoms with van der Waals surface area (Å²) in [6, 6.07) is 4.06. The van der Waals surface area contributed by atoms with Crippen molar-refractivity contribution in [2.75, 3.05) is 26.0 Å². The predicted octanol–water partition coefficient (Wildman–Crippen LogP) is 1.92. The molecule has 0 radical (unpaired) electrons. The molecule has 0 unspecified atom stereocenters. The number of carbonyl (C=O) groups excluding carboxylic acids is 1. The van der Waals surface area contributed by atoms with Gasteiger partial charge in [-0.15, -0.1) is 0 Å². The van der Waals surface area contributed by atoms with Crippen LogP contribution in [0.4, 0.5) is 0 Å². The van der Waals surface area contributed by atoms with Crippen LogP contribution in [0.25, 0.3) is 0 Å². The number of amides is 1. The second-order valence-corrected chi connectivity index (χ2v) is 6.91. The maximum absolute atomic E-state index is 12.0. The van der Waals surface area contributed by atoms with Crippen molar-refractivity contribution >= 4 is 38.9 Å². The number of methoxy groups -OCH3 is 1. The van der Waals surface area contributed by atoms with E-state index in [0.717, 1.165) is 0 Å². The Morgan fingerprint density at radius 3 is 2.60 bits per heavy atom. The van der Waals surface area contributed by atoms with E-state index in [2.05, 4.69) is 5.32 Å². The van der Waals surface area contributed by atoms with E-state index in [-0.39, 0.29) is 33.0 Å². The highest BCUT2D eigenvalue weighted by Crippen LogP contribution is 2.25. The van der Waals surface area contributed by atoms with Gasteiger partial charge in [-0.05, 0) is 18.2 Å². The zero-order valence-corrected chi connectivity index (χ0v) is 13.2. The standard InChI is InChI=1S/C12H15Cl2NO4S/c1-19-6-5-15-12(16)4-7-20(17,18)9-2-3-10(13)11(14)8-9/h2-3,8H,4-7H2,1H3,(H,15,16). The van der Waals surface area contributed by atoms with E-state index in [1.54, 1.807) is 0 Å². The van der Waals surface area contributed by atoms with Crippen molar-refractivity contribution in [1.82, 2.24) is 5.32 Å². The number of hydrogen-bond donors (Lipinski definition) is 1. The van der Waals surface area contributed by atoms with E-state index in [9.17, 15) is 13.2 Å². The average molecular weight is 340 g/mol. The number of benzene rings is 1. The summed E-state index contributed by atoms with van der Waals surface area (Å²) in [5.41, 5.74) is 0. The molecule has 0 fully saturated rings. The Balaban J connectivity index is 2.61. The first-order chi connectivity index (χ1) is 9.36. The molecule has 0 aliphatic heterocycles. The van der Waals surface area contributed by atoms with Crippen molar-refractivity contribution in [3.63, 3.8) is 0 Å². The fourth-order valence-electron chi connectivity index (χ4n) is 1.40. The zero-order chi connectivity index (χ0) is 15.2. The Kier molecular flexibility index (Phi) is 6.75. The Labute approximate surface area is 128 Å². The molecule has 8 heteroatoms. The van der Waals surface area contributed by atoms with Gasteiger partial charge in [0.25, 0.3) is 0 Å². The van der Waals surface area contributed by atoms with Gasteiger partial charge in [-0.2, -0.15) is 0 Å². The number of nitrogens with one attached hydrogen (secondary N) is 1. The lowest BCUT2D eigenvalue weighted by atomic mass is 10.4. The van der Waals surface area contributed by atoms with Crippen molar-refractivity contribution in [3.8, 4) is 0 Å². The quantitative estimate of drug-likeness (QED) is 0.770. The number of hydrogen-bond acceptors (Lipinski definition) is 4. The molecule has 1 aromatic rings. The van der Waals surface area contributed by atoms with E-state index >= 15 is 0 Å². The number of rotatable bonds is 7. The zero-order valence-electron chi connectivity index (χ0n) is 10.9. The Bertz CT molecular complexity index is 575. The highest BCUT2D eigenvalue weighted by molar-refractivity contribution is 7.91. The number of sulfone groups is 1. The van der Waals surface area contributed by atoms with E-state index in [1.807, 2.05) is 0 Å². The summed E-state index contributed by atoms with van der Waals surface area (Å²) in [4.78, 5) is 11.5. The van der Waals surface area contributed by atoms with Crippen LogP contribution < -0.4 is 5.32 Å². The van der Waals surface area contributed by atoms with Crippen molar-refractivity contribution in [1.29, 1.82) is 0 Å². The van der Waals surface area contributed by atoms with Gasteiger partial charge in [-0.1, -0.05) is 23.2 Å².